The number of hydrogen-bond acceptors (Lipinski definition) is 1. The van der Waals surface area contributed by atoms with Gasteiger partial charge in [0.1, 0.15) is 0 Å². The van der Waals surface area contributed by atoms with Crippen LogP contribution in [0.25, 0.3) is 0 Å². The monoisotopic (exact) mass is 159 g/mol. The van der Waals surface area contributed by atoms with E-state index in [0.29, 0.717) is 6.54 Å². The molecule has 0 atom stereocenters. The maximum Gasteiger partial charge on any atom is 0.159 e. The average Bonchev–Trinajstić information content (AvgIpc) is 1.98. The summed E-state index contributed by atoms with van der Waals surface area (Å²) in [6, 6.07) is 3.86. The lowest BCUT2D eigenvalue weighted by atomic mass is 10.2. The maximum absolute atomic E-state index is 12.5. The summed E-state index contributed by atoms with van der Waals surface area (Å²) >= 11 is 0. The Bertz CT molecular complexity index is 253. The summed E-state index contributed by atoms with van der Waals surface area (Å²) in [5, 5.41) is 2.84. The van der Waals surface area contributed by atoms with Gasteiger partial charge in [0.2, 0.25) is 0 Å². The van der Waals surface area contributed by atoms with Gasteiger partial charge < -0.3 is 5.32 Å². The second-order valence-electron chi connectivity index (χ2n) is 2.28. The van der Waals surface area contributed by atoms with Gasteiger partial charge in [-0.2, -0.15) is 0 Å². The van der Waals surface area contributed by atoms with Crippen LogP contribution in [0.5, 0.6) is 0 Å². The van der Waals surface area contributed by atoms with E-state index in [1.165, 1.54) is 6.07 Å². The standard InChI is InChI=1S/C8H9F2N.H2/c1-11-5-6-2-3-7(9)8(10)4-6;/h2-4,11H,5H2,1H3;1H. The summed E-state index contributed by atoms with van der Waals surface area (Å²) in [4.78, 5) is 0. The van der Waals surface area contributed by atoms with Gasteiger partial charge in [-0.25, -0.2) is 8.78 Å². The fourth-order valence-electron chi connectivity index (χ4n) is 0.854. The number of rotatable bonds is 2. The van der Waals surface area contributed by atoms with Crippen LogP contribution in [-0.2, 0) is 6.54 Å². The molecule has 0 aliphatic heterocycles. The van der Waals surface area contributed by atoms with Crippen LogP contribution in [0.3, 0.4) is 0 Å². The number of benzene rings is 1. The van der Waals surface area contributed by atoms with Gasteiger partial charge in [0.05, 0.1) is 0 Å². The van der Waals surface area contributed by atoms with E-state index in [9.17, 15) is 8.78 Å². The third-order valence-electron chi connectivity index (χ3n) is 1.36. The van der Waals surface area contributed by atoms with Crippen LogP contribution in [0.1, 0.15) is 6.99 Å². The molecule has 0 amide bonds. The van der Waals surface area contributed by atoms with Crippen molar-refractivity contribution in [3.05, 3.63) is 35.4 Å². The Morgan fingerprint density at radius 2 is 2.09 bits per heavy atom. The van der Waals surface area contributed by atoms with E-state index < -0.39 is 11.6 Å². The molecule has 0 spiro atoms. The minimum Gasteiger partial charge on any atom is -0.316 e. The highest BCUT2D eigenvalue weighted by Gasteiger charge is 2.00. The molecule has 0 saturated heterocycles. The molecule has 0 aliphatic rings. The molecular formula is C8H11F2N. The van der Waals surface area contributed by atoms with Crippen molar-refractivity contribution in [2.45, 2.75) is 6.54 Å². The molecule has 0 aliphatic carbocycles. The average molecular weight is 159 g/mol. The molecule has 62 valence electrons. The van der Waals surface area contributed by atoms with Crippen molar-refractivity contribution in [1.82, 2.24) is 5.32 Å². The van der Waals surface area contributed by atoms with Crippen LogP contribution in [0.4, 0.5) is 8.78 Å². The van der Waals surface area contributed by atoms with Crippen molar-refractivity contribution in [2.75, 3.05) is 7.05 Å². The molecule has 0 unspecified atom stereocenters. The van der Waals surface area contributed by atoms with Crippen LogP contribution in [0.2, 0.25) is 0 Å². The van der Waals surface area contributed by atoms with E-state index in [1.807, 2.05) is 0 Å². The predicted molar refractivity (Wildman–Crippen MR) is 41.2 cm³/mol. The third kappa shape index (κ3) is 1.98. The number of halogens is 2. The lowest BCUT2D eigenvalue weighted by Gasteiger charge is -1.99. The van der Waals surface area contributed by atoms with Crippen LogP contribution in [0, 0.1) is 11.6 Å². The zero-order valence-corrected chi connectivity index (χ0v) is 6.20. The molecule has 1 aromatic carbocycles. The molecule has 0 saturated carbocycles. The van der Waals surface area contributed by atoms with Crippen molar-refractivity contribution in [1.29, 1.82) is 0 Å². The quantitative estimate of drug-likeness (QED) is 0.695. The van der Waals surface area contributed by atoms with Gasteiger partial charge in [-0.3, -0.25) is 0 Å². The zero-order valence-electron chi connectivity index (χ0n) is 6.20. The summed E-state index contributed by atoms with van der Waals surface area (Å²) in [7, 11) is 1.75. The second-order valence-corrected chi connectivity index (χ2v) is 2.28. The predicted octanol–water partition coefficient (Wildman–Crippen LogP) is 1.93. The van der Waals surface area contributed by atoms with Crippen LogP contribution >= 0.6 is 0 Å². The summed E-state index contributed by atoms with van der Waals surface area (Å²) in [5.41, 5.74) is 0.742. The molecule has 0 heterocycles. The van der Waals surface area contributed by atoms with Crippen molar-refractivity contribution in [2.24, 2.45) is 0 Å². The van der Waals surface area contributed by atoms with Crippen LogP contribution in [0.15, 0.2) is 18.2 Å². The Hall–Kier alpha value is -0.960. The third-order valence-corrected chi connectivity index (χ3v) is 1.36. The summed E-state index contributed by atoms with van der Waals surface area (Å²) in [6.45, 7) is 0.553. The van der Waals surface area contributed by atoms with Gasteiger partial charge in [-0.1, -0.05) is 6.07 Å². The SMILES string of the molecule is CNCc1ccc(F)c(F)c1.[HH]. The van der Waals surface area contributed by atoms with Crippen LogP contribution < -0.4 is 5.32 Å². The molecule has 11 heavy (non-hydrogen) atoms. The second kappa shape index (κ2) is 3.44. The molecule has 3 heteroatoms. The van der Waals surface area contributed by atoms with E-state index in [-0.39, 0.29) is 1.43 Å². The lowest BCUT2D eigenvalue weighted by molar-refractivity contribution is 0.506. The molecule has 0 bridgehead atoms. The first-order chi connectivity index (χ1) is 5.24. The Morgan fingerprint density at radius 1 is 1.36 bits per heavy atom. The molecule has 0 fully saturated rings. The molecule has 0 aromatic heterocycles. The number of nitrogens with one attached hydrogen (secondary N) is 1. The highest BCUT2D eigenvalue weighted by Crippen LogP contribution is 2.07. The topological polar surface area (TPSA) is 12.0 Å². The summed E-state index contributed by atoms with van der Waals surface area (Å²) < 4.78 is 24.8. The Kier molecular flexibility index (Phi) is 2.54. The molecule has 1 aromatic rings. The van der Waals surface area contributed by atoms with Gasteiger partial charge in [0.25, 0.3) is 0 Å². The summed E-state index contributed by atoms with van der Waals surface area (Å²) in [6.07, 6.45) is 0. The highest BCUT2D eigenvalue weighted by atomic mass is 19.2. The number of hydrogen-bond donors (Lipinski definition) is 1. The normalized spacial score (nSPS) is 10.1. The first-order valence-electron chi connectivity index (χ1n) is 3.32. The Balaban J connectivity index is 0.00000121. The smallest absolute Gasteiger partial charge is 0.159 e. The first-order valence-corrected chi connectivity index (χ1v) is 3.32. The molecule has 1 rings (SSSR count). The minimum atomic E-state index is -0.801. The van der Waals surface area contributed by atoms with Crippen LogP contribution in [-0.4, -0.2) is 7.05 Å². The molecule has 1 nitrogen and oxygen atoms in total. The highest BCUT2D eigenvalue weighted by molar-refractivity contribution is 5.17. The van der Waals surface area contributed by atoms with Gasteiger partial charge in [-0.15, -0.1) is 0 Å². The van der Waals surface area contributed by atoms with E-state index in [1.54, 1.807) is 13.1 Å². The van der Waals surface area contributed by atoms with Crippen molar-refractivity contribution in [3.63, 3.8) is 0 Å². The Morgan fingerprint density at radius 3 is 2.64 bits per heavy atom. The van der Waals surface area contributed by atoms with Crippen molar-refractivity contribution >= 4 is 0 Å². The molecule has 1 N–H and O–H groups in total. The first kappa shape index (κ1) is 8.14. The Labute approximate surface area is 65.5 Å². The summed E-state index contributed by atoms with van der Waals surface area (Å²) in [5.74, 6) is -1.59. The molecular weight excluding hydrogens is 148 g/mol. The van der Waals surface area contributed by atoms with E-state index >= 15 is 0 Å². The fraction of sp³-hybridized carbons (Fsp3) is 0.250. The fourth-order valence-corrected chi connectivity index (χ4v) is 0.854. The van der Waals surface area contributed by atoms with Gasteiger partial charge in [0.15, 0.2) is 11.6 Å². The zero-order chi connectivity index (χ0) is 8.27. The van der Waals surface area contributed by atoms with Crippen molar-refractivity contribution in [3.8, 4) is 0 Å². The lowest BCUT2D eigenvalue weighted by Crippen LogP contribution is -2.05. The van der Waals surface area contributed by atoms with Gasteiger partial charge in [-0.05, 0) is 24.7 Å². The molecule has 0 radical (unpaired) electrons. The minimum absolute atomic E-state index is 0. The largest absolute Gasteiger partial charge is 0.316 e. The van der Waals surface area contributed by atoms with E-state index in [4.69, 9.17) is 0 Å². The van der Waals surface area contributed by atoms with Gasteiger partial charge >= 0.3 is 0 Å². The van der Waals surface area contributed by atoms with Crippen molar-refractivity contribution < 1.29 is 10.2 Å². The van der Waals surface area contributed by atoms with Gasteiger partial charge in [0, 0.05) is 7.97 Å². The van der Waals surface area contributed by atoms with E-state index in [0.717, 1.165) is 11.6 Å². The maximum atomic E-state index is 12.5. The van der Waals surface area contributed by atoms with E-state index in [2.05, 4.69) is 5.32 Å².